The molecular weight excluding hydrogens is 572 g/mol. The lowest BCUT2D eigenvalue weighted by atomic mass is 9.41. The predicted molar refractivity (Wildman–Crippen MR) is 168 cm³/mol. The van der Waals surface area contributed by atoms with Gasteiger partial charge in [0.25, 0.3) is 0 Å². The second-order valence-corrected chi connectivity index (χ2v) is 17.7. The first-order valence-corrected chi connectivity index (χ1v) is 18.0. The van der Waals surface area contributed by atoms with Crippen LogP contribution >= 0.6 is 0 Å². The highest BCUT2D eigenvalue weighted by Crippen LogP contribution is 2.89. The quantitative estimate of drug-likeness (QED) is 0.405. The number of carbonyl (C=O) groups excluding carboxylic acids is 2. The highest BCUT2D eigenvalue weighted by atomic mass is 16.6. The van der Waals surface area contributed by atoms with E-state index in [2.05, 4.69) is 34.6 Å². The number of hydrogen-bond donors (Lipinski definition) is 2. The van der Waals surface area contributed by atoms with Crippen LogP contribution in [0.5, 0.6) is 0 Å². The molecule has 9 heteroatoms. The maximum Gasteiger partial charge on any atom is 0.410 e. The van der Waals surface area contributed by atoms with Crippen LogP contribution in [0.2, 0.25) is 0 Å². The van der Waals surface area contributed by atoms with Crippen LogP contribution in [0.25, 0.3) is 0 Å². The van der Waals surface area contributed by atoms with Crippen LogP contribution in [0.4, 0.5) is 9.59 Å². The third-order valence-electron chi connectivity index (χ3n) is 15.6. The number of ether oxygens (including phenoxy) is 4. The Morgan fingerprint density at radius 1 is 0.978 bits per heavy atom. The fourth-order valence-corrected chi connectivity index (χ4v) is 13.5. The summed E-state index contributed by atoms with van der Waals surface area (Å²) in [5, 5.41) is 12.5. The third kappa shape index (κ3) is 4.20. The second kappa shape index (κ2) is 10.5. The van der Waals surface area contributed by atoms with Crippen LogP contribution in [0, 0.1) is 56.7 Å². The van der Waals surface area contributed by atoms with E-state index in [1.54, 1.807) is 4.90 Å². The summed E-state index contributed by atoms with van der Waals surface area (Å²) in [6.07, 6.45) is 5.99. The molecule has 2 spiro atoms. The molecule has 8 unspecified atom stereocenters. The number of fused-ring (bicyclic) bond motifs is 4. The summed E-state index contributed by atoms with van der Waals surface area (Å²) < 4.78 is 24.2. The third-order valence-corrected chi connectivity index (χ3v) is 15.6. The Morgan fingerprint density at radius 2 is 1.64 bits per heavy atom. The minimum absolute atomic E-state index is 0.0354. The van der Waals surface area contributed by atoms with Crippen molar-refractivity contribution < 1.29 is 33.6 Å². The van der Waals surface area contributed by atoms with Crippen molar-refractivity contribution in [3.05, 3.63) is 0 Å². The smallest absolute Gasteiger partial charge is 0.410 e. The first-order valence-electron chi connectivity index (χ1n) is 18.0. The molecule has 0 aromatic heterocycles. The lowest BCUT2D eigenvalue weighted by Gasteiger charge is -2.63. The fraction of sp³-hybridized carbons (Fsp3) is 0.944. The molecule has 0 aromatic rings. The Kier molecular flexibility index (Phi) is 7.43. The van der Waals surface area contributed by atoms with Gasteiger partial charge in [-0.1, -0.05) is 48.5 Å². The van der Waals surface area contributed by atoms with Crippen LogP contribution in [-0.2, 0) is 18.9 Å². The van der Waals surface area contributed by atoms with Crippen LogP contribution in [0.15, 0.2) is 0 Å². The Labute approximate surface area is 269 Å². The summed E-state index contributed by atoms with van der Waals surface area (Å²) >= 11 is 0. The minimum atomic E-state index is -0.766. The summed E-state index contributed by atoms with van der Waals surface area (Å²) in [6, 6.07) is 0. The van der Waals surface area contributed by atoms with Gasteiger partial charge in [0, 0.05) is 23.9 Å². The van der Waals surface area contributed by atoms with Crippen LogP contribution in [-0.4, -0.2) is 79.0 Å². The molecular formula is C36H58N2O7. The molecule has 45 heavy (non-hydrogen) atoms. The van der Waals surface area contributed by atoms with E-state index in [-0.39, 0.29) is 63.3 Å². The van der Waals surface area contributed by atoms with Gasteiger partial charge in [0.1, 0.15) is 12.2 Å². The maximum absolute atomic E-state index is 13.2. The molecule has 0 bridgehead atoms. The van der Waals surface area contributed by atoms with Gasteiger partial charge < -0.3 is 34.7 Å². The number of morpholine rings is 1. The number of carbonyl (C=O) groups is 2. The largest absolute Gasteiger partial charge is 0.446 e. The number of primary amides is 1. The van der Waals surface area contributed by atoms with Crippen molar-refractivity contribution in [1.29, 1.82) is 0 Å². The van der Waals surface area contributed by atoms with Crippen molar-refractivity contribution in [2.45, 2.75) is 130 Å². The Morgan fingerprint density at radius 3 is 2.31 bits per heavy atom. The molecule has 0 aromatic carbocycles. The van der Waals surface area contributed by atoms with Crippen LogP contribution in [0.3, 0.4) is 0 Å². The van der Waals surface area contributed by atoms with E-state index in [0.29, 0.717) is 44.1 Å². The zero-order valence-electron chi connectivity index (χ0n) is 28.7. The second-order valence-electron chi connectivity index (χ2n) is 17.7. The molecule has 13 atom stereocenters. The first-order chi connectivity index (χ1) is 21.1. The summed E-state index contributed by atoms with van der Waals surface area (Å²) in [4.78, 5) is 26.8. The molecule has 0 radical (unpaired) electrons. The summed E-state index contributed by atoms with van der Waals surface area (Å²) in [7, 11) is 0. The molecule has 2 amide bonds. The number of rotatable bonds is 4. The van der Waals surface area contributed by atoms with Gasteiger partial charge in [-0.15, -0.1) is 0 Å². The van der Waals surface area contributed by atoms with Crippen molar-refractivity contribution in [2.24, 2.45) is 62.4 Å². The molecule has 5 aliphatic carbocycles. The molecule has 5 saturated carbocycles. The molecule has 2 heterocycles. The highest BCUT2D eigenvalue weighted by molar-refractivity contribution is 5.68. The monoisotopic (exact) mass is 630 g/mol. The predicted octanol–water partition coefficient (Wildman–Crippen LogP) is 5.76. The van der Waals surface area contributed by atoms with Gasteiger partial charge in [0.2, 0.25) is 0 Å². The van der Waals surface area contributed by atoms with E-state index in [1.807, 2.05) is 13.8 Å². The summed E-state index contributed by atoms with van der Waals surface area (Å²) in [6.45, 7) is 18.3. The number of aliphatic hydroxyl groups excluding tert-OH is 1. The topological polar surface area (TPSA) is 121 Å². The average Bonchev–Trinajstić information content (AvgIpc) is 3.62. The molecule has 254 valence electrons. The zero-order valence-corrected chi connectivity index (χ0v) is 28.7. The number of nitrogens with two attached hydrogens (primary N) is 1. The van der Waals surface area contributed by atoms with Gasteiger partial charge in [0.15, 0.2) is 0 Å². The number of amides is 2. The van der Waals surface area contributed by atoms with E-state index < -0.39 is 18.3 Å². The number of aliphatic hydroxyl groups is 1. The molecule has 2 aliphatic heterocycles. The van der Waals surface area contributed by atoms with Gasteiger partial charge in [-0.05, 0) is 97.2 Å². The van der Waals surface area contributed by atoms with Gasteiger partial charge in [-0.2, -0.15) is 0 Å². The molecule has 7 fully saturated rings. The van der Waals surface area contributed by atoms with Crippen molar-refractivity contribution in [3.63, 3.8) is 0 Å². The van der Waals surface area contributed by atoms with Crippen molar-refractivity contribution >= 4 is 12.2 Å². The van der Waals surface area contributed by atoms with Crippen molar-refractivity contribution in [3.8, 4) is 0 Å². The Hall–Kier alpha value is -1.58. The van der Waals surface area contributed by atoms with E-state index >= 15 is 0 Å². The van der Waals surface area contributed by atoms with Gasteiger partial charge >= 0.3 is 12.2 Å². The zero-order chi connectivity index (χ0) is 32.3. The Bertz CT molecular complexity index is 1200. The SMILES string of the molecule is CC(C)C(OC(N)=O)C1C[C@@H](C)[C@H]2C(O1)[C@H](O)[C@@]1(C)C3CC[C@H]4C(C)(C)C(OC(=O)N5CCOCC5)CCC45CC35CCC21C. The van der Waals surface area contributed by atoms with E-state index in [0.717, 1.165) is 38.5 Å². The van der Waals surface area contributed by atoms with Gasteiger partial charge in [-0.25, -0.2) is 9.59 Å². The minimum Gasteiger partial charge on any atom is -0.446 e. The number of hydrogen-bond acceptors (Lipinski definition) is 7. The van der Waals surface area contributed by atoms with E-state index in [9.17, 15) is 14.7 Å². The highest BCUT2D eigenvalue weighted by Gasteiger charge is 2.84. The lowest BCUT2D eigenvalue weighted by Crippen LogP contribution is -2.60. The molecule has 7 aliphatic rings. The average molecular weight is 631 g/mol. The normalized spacial score (nSPS) is 50.3. The van der Waals surface area contributed by atoms with Crippen molar-refractivity contribution in [2.75, 3.05) is 26.3 Å². The van der Waals surface area contributed by atoms with Crippen molar-refractivity contribution in [1.82, 2.24) is 4.90 Å². The van der Waals surface area contributed by atoms with E-state index in [1.165, 1.54) is 12.8 Å². The maximum atomic E-state index is 13.2. The van der Waals surface area contributed by atoms with Crippen LogP contribution < -0.4 is 5.73 Å². The molecule has 2 saturated heterocycles. The first kappa shape index (κ1) is 32.0. The van der Waals surface area contributed by atoms with Gasteiger partial charge in [0.05, 0.1) is 31.5 Å². The number of nitrogens with zero attached hydrogens (tertiary/aromatic N) is 1. The molecule has 9 nitrogen and oxygen atoms in total. The molecule has 7 rings (SSSR count). The molecule has 3 N–H and O–H groups in total. The van der Waals surface area contributed by atoms with E-state index in [4.69, 9.17) is 24.7 Å². The fourth-order valence-electron chi connectivity index (χ4n) is 13.5. The van der Waals surface area contributed by atoms with Crippen LogP contribution in [0.1, 0.15) is 99.8 Å². The standard InChI is InChI=1S/C36H58N2O7/c1-20(2)27(45-30(37)40)22-18-21(3)26-28(43-22)29(39)34(7)24-9-8-23-32(4,5)25(44-31(41)38-14-16-42-17-15-38)10-11-35(23)19-36(24,35)13-12-33(26,34)6/h20-29,39H,8-19H2,1-7H3,(H2,37,40)/t21-,22?,23+,24?,25?,26+,27?,28?,29+,33?,34-,35?,36?/m1/s1. The summed E-state index contributed by atoms with van der Waals surface area (Å²) in [5.74, 6) is 1.59. The van der Waals surface area contributed by atoms with Gasteiger partial charge in [-0.3, -0.25) is 0 Å². The lowest BCUT2D eigenvalue weighted by molar-refractivity contribution is -0.185. The Balaban J connectivity index is 1.14. The summed E-state index contributed by atoms with van der Waals surface area (Å²) in [5.41, 5.74) is 5.56.